The number of nitrogens with zero attached hydrogens (tertiary/aromatic N) is 1. The number of aliphatic carboxylic acids is 1. The Hall–Kier alpha value is -2.70. The van der Waals surface area contributed by atoms with E-state index in [0.717, 1.165) is 10.6 Å². The summed E-state index contributed by atoms with van der Waals surface area (Å²) >= 11 is 7.40. The third kappa shape index (κ3) is 4.47. The van der Waals surface area contributed by atoms with Gasteiger partial charge in [-0.25, -0.2) is 9.78 Å². The Labute approximate surface area is 159 Å². The fourth-order valence-electron chi connectivity index (χ4n) is 2.45. The molecule has 0 aliphatic heterocycles. The number of hydrogen-bond acceptors (Lipinski definition) is 4. The predicted molar refractivity (Wildman–Crippen MR) is 101 cm³/mol. The molecule has 0 fully saturated rings. The molecule has 1 heterocycles. The zero-order valence-corrected chi connectivity index (χ0v) is 15.1. The first-order chi connectivity index (χ1) is 12.5. The second-order valence-electron chi connectivity index (χ2n) is 5.58. The number of halogens is 1. The average Bonchev–Trinajstić information content (AvgIpc) is 3.08. The van der Waals surface area contributed by atoms with E-state index in [0.29, 0.717) is 16.3 Å². The molecule has 2 aromatic carbocycles. The van der Waals surface area contributed by atoms with Gasteiger partial charge in [-0.1, -0.05) is 54.1 Å². The van der Waals surface area contributed by atoms with Gasteiger partial charge in [-0.05, 0) is 17.7 Å². The van der Waals surface area contributed by atoms with Crippen LogP contribution in [-0.4, -0.2) is 22.0 Å². The molecule has 0 aliphatic carbocycles. The van der Waals surface area contributed by atoms with Crippen LogP contribution in [0.5, 0.6) is 0 Å². The van der Waals surface area contributed by atoms with E-state index in [-0.39, 0.29) is 6.42 Å². The lowest BCUT2D eigenvalue weighted by Crippen LogP contribution is -2.34. The lowest BCUT2D eigenvalue weighted by Gasteiger charge is -2.14. The van der Waals surface area contributed by atoms with E-state index >= 15 is 0 Å². The molecule has 1 atom stereocenters. The summed E-state index contributed by atoms with van der Waals surface area (Å²) in [6.45, 7) is 0. The van der Waals surface area contributed by atoms with Crippen LogP contribution < -0.4 is 5.32 Å². The van der Waals surface area contributed by atoms with Crippen LogP contribution in [0.25, 0.3) is 10.6 Å². The molecule has 26 heavy (non-hydrogen) atoms. The number of carboxylic acids is 1. The minimum absolute atomic E-state index is 0.00762. The van der Waals surface area contributed by atoms with Gasteiger partial charge in [0.25, 0.3) is 0 Å². The van der Waals surface area contributed by atoms with Gasteiger partial charge < -0.3 is 10.4 Å². The van der Waals surface area contributed by atoms with Crippen molar-refractivity contribution in [2.24, 2.45) is 0 Å². The van der Waals surface area contributed by atoms with Crippen molar-refractivity contribution in [1.29, 1.82) is 0 Å². The Kier molecular flexibility index (Phi) is 5.65. The summed E-state index contributed by atoms with van der Waals surface area (Å²) in [7, 11) is 0. The number of carboxylic acid groups (broad SMARTS) is 1. The van der Waals surface area contributed by atoms with E-state index in [1.807, 2.05) is 12.1 Å². The van der Waals surface area contributed by atoms with Gasteiger partial charge in [0, 0.05) is 16.0 Å². The predicted octanol–water partition coefficient (Wildman–Crippen LogP) is 3.95. The van der Waals surface area contributed by atoms with Crippen LogP contribution in [0.1, 0.15) is 17.3 Å². The van der Waals surface area contributed by atoms with Gasteiger partial charge in [-0.2, -0.15) is 0 Å². The number of nitrogens with one attached hydrogen (secondary N) is 1. The van der Waals surface area contributed by atoms with Gasteiger partial charge in [-0.15, -0.1) is 11.3 Å². The van der Waals surface area contributed by atoms with Crippen molar-refractivity contribution in [1.82, 2.24) is 10.3 Å². The first kappa shape index (κ1) is 18.1. The maximum absolute atomic E-state index is 12.3. The van der Waals surface area contributed by atoms with E-state index in [2.05, 4.69) is 10.3 Å². The fourth-order valence-corrected chi connectivity index (χ4v) is 3.46. The molecule has 5 nitrogen and oxygen atoms in total. The van der Waals surface area contributed by atoms with Gasteiger partial charge >= 0.3 is 5.97 Å². The molecule has 0 bridgehead atoms. The number of carbonyl (C=O) groups excluding carboxylic acids is 1. The number of amides is 1. The van der Waals surface area contributed by atoms with Crippen molar-refractivity contribution >= 4 is 34.8 Å². The Balaban J connectivity index is 1.69. The SMILES string of the molecule is O=C(Cc1csc(-c2cccc(Cl)c2)n1)NC(C(=O)O)c1ccccc1. The zero-order valence-electron chi connectivity index (χ0n) is 13.6. The van der Waals surface area contributed by atoms with E-state index < -0.39 is 17.9 Å². The summed E-state index contributed by atoms with van der Waals surface area (Å²) in [6.07, 6.45) is 0.00762. The Morgan fingerprint density at radius 2 is 1.92 bits per heavy atom. The third-order valence-corrected chi connectivity index (χ3v) is 4.83. The van der Waals surface area contributed by atoms with Gasteiger partial charge in [0.05, 0.1) is 12.1 Å². The first-order valence-corrected chi connectivity index (χ1v) is 9.06. The maximum Gasteiger partial charge on any atom is 0.330 e. The van der Waals surface area contributed by atoms with Crippen LogP contribution in [0.2, 0.25) is 5.02 Å². The van der Waals surface area contributed by atoms with Gasteiger partial charge in [0.2, 0.25) is 5.91 Å². The molecule has 7 heteroatoms. The van der Waals surface area contributed by atoms with E-state index in [1.165, 1.54) is 11.3 Å². The first-order valence-electron chi connectivity index (χ1n) is 7.80. The lowest BCUT2D eigenvalue weighted by atomic mass is 10.1. The zero-order chi connectivity index (χ0) is 18.5. The molecule has 2 N–H and O–H groups in total. The van der Waals surface area contributed by atoms with Gasteiger partial charge in [-0.3, -0.25) is 4.79 Å². The molecule has 0 saturated carbocycles. The molecule has 0 saturated heterocycles. The summed E-state index contributed by atoms with van der Waals surface area (Å²) in [5.74, 6) is -1.51. The van der Waals surface area contributed by atoms with Crippen molar-refractivity contribution in [3.8, 4) is 10.6 Å². The van der Waals surface area contributed by atoms with Crippen LogP contribution in [0, 0.1) is 0 Å². The van der Waals surface area contributed by atoms with Gasteiger partial charge in [0.1, 0.15) is 5.01 Å². The van der Waals surface area contributed by atoms with Crippen molar-refractivity contribution in [2.45, 2.75) is 12.5 Å². The molecule has 132 valence electrons. The summed E-state index contributed by atoms with van der Waals surface area (Å²) in [6, 6.07) is 14.8. The molecule has 0 aliphatic rings. The fraction of sp³-hybridized carbons (Fsp3) is 0.105. The van der Waals surface area contributed by atoms with Crippen molar-refractivity contribution in [3.63, 3.8) is 0 Å². The molecule has 1 aromatic heterocycles. The quantitative estimate of drug-likeness (QED) is 0.672. The second kappa shape index (κ2) is 8.12. The Bertz CT molecular complexity index is 927. The highest BCUT2D eigenvalue weighted by atomic mass is 35.5. The standard InChI is InChI=1S/C19H15ClN2O3S/c20-14-8-4-7-13(9-14)18-21-15(11-26-18)10-16(23)22-17(19(24)25)12-5-2-1-3-6-12/h1-9,11,17H,10H2,(H,22,23)(H,24,25). The number of thiazole rings is 1. The maximum atomic E-state index is 12.3. The summed E-state index contributed by atoms with van der Waals surface area (Å²) in [5, 5.41) is 15.1. The number of hydrogen-bond donors (Lipinski definition) is 2. The minimum Gasteiger partial charge on any atom is -0.479 e. The van der Waals surface area contributed by atoms with Gasteiger partial charge in [0.15, 0.2) is 6.04 Å². The van der Waals surface area contributed by atoms with Crippen molar-refractivity contribution in [3.05, 3.63) is 76.3 Å². The van der Waals surface area contributed by atoms with E-state index in [9.17, 15) is 14.7 Å². The number of aromatic nitrogens is 1. The number of rotatable bonds is 6. The summed E-state index contributed by atoms with van der Waals surface area (Å²) in [5.41, 5.74) is 1.98. The molecular formula is C19H15ClN2O3S. The topological polar surface area (TPSA) is 79.3 Å². The van der Waals surface area contributed by atoms with Crippen molar-refractivity contribution in [2.75, 3.05) is 0 Å². The minimum atomic E-state index is -1.11. The number of benzene rings is 2. The van der Waals surface area contributed by atoms with Crippen molar-refractivity contribution < 1.29 is 14.7 Å². The smallest absolute Gasteiger partial charge is 0.330 e. The average molecular weight is 387 g/mol. The largest absolute Gasteiger partial charge is 0.479 e. The van der Waals surface area contributed by atoms with Crippen LogP contribution in [0.3, 0.4) is 0 Å². The molecule has 3 rings (SSSR count). The molecule has 3 aromatic rings. The van der Waals surface area contributed by atoms with Crippen LogP contribution >= 0.6 is 22.9 Å². The monoisotopic (exact) mass is 386 g/mol. The molecule has 1 amide bonds. The summed E-state index contributed by atoms with van der Waals surface area (Å²) in [4.78, 5) is 28.2. The van der Waals surface area contributed by atoms with E-state index in [1.54, 1.807) is 47.8 Å². The molecule has 0 spiro atoms. The van der Waals surface area contributed by atoms with E-state index in [4.69, 9.17) is 11.6 Å². The Morgan fingerprint density at radius 3 is 2.62 bits per heavy atom. The highest BCUT2D eigenvalue weighted by Crippen LogP contribution is 2.26. The highest BCUT2D eigenvalue weighted by molar-refractivity contribution is 7.13. The second-order valence-corrected chi connectivity index (χ2v) is 6.88. The summed E-state index contributed by atoms with van der Waals surface area (Å²) < 4.78 is 0. The van der Waals surface area contributed by atoms with Crippen LogP contribution in [0.15, 0.2) is 60.0 Å². The highest BCUT2D eigenvalue weighted by Gasteiger charge is 2.22. The number of carbonyl (C=O) groups is 2. The normalized spacial score (nSPS) is 11.7. The Morgan fingerprint density at radius 1 is 1.15 bits per heavy atom. The molecular weight excluding hydrogens is 372 g/mol. The molecule has 0 radical (unpaired) electrons. The van der Waals surface area contributed by atoms with Crippen LogP contribution in [0.4, 0.5) is 0 Å². The van der Waals surface area contributed by atoms with Crippen LogP contribution in [-0.2, 0) is 16.0 Å². The lowest BCUT2D eigenvalue weighted by molar-refractivity contribution is -0.142. The molecule has 1 unspecified atom stereocenters. The third-order valence-electron chi connectivity index (χ3n) is 3.65.